The van der Waals surface area contributed by atoms with E-state index in [0.717, 1.165) is 13.1 Å². The molecule has 3 rings (SSSR count). The van der Waals surface area contributed by atoms with Crippen LogP contribution in [0.2, 0.25) is 0 Å². The van der Waals surface area contributed by atoms with Crippen molar-refractivity contribution >= 4 is 5.95 Å². The average Bonchev–Trinajstić information content (AvgIpc) is 2.98. The lowest BCUT2D eigenvalue weighted by molar-refractivity contribution is -0.146. The second-order valence-electron chi connectivity index (χ2n) is 4.36. The molecule has 0 spiro atoms. The minimum absolute atomic E-state index is 0.0177. The predicted molar refractivity (Wildman–Crippen MR) is 64.8 cm³/mol. The molecule has 2 aromatic heterocycles. The first-order chi connectivity index (χ1) is 10.1. The lowest BCUT2D eigenvalue weighted by atomic mass is 10.4. The van der Waals surface area contributed by atoms with Gasteiger partial charge in [0.1, 0.15) is 0 Å². The average molecular weight is 300 g/mol. The number of halogens is 3. The first kappa shape index (κ1) is 13.7. The molecule has 8 nitrogen and oxygen atoms in total. The van der Waals surface area contributed by atoms with E-state index in [4.69, 9.17) is 0 Å². The van der Waals surface area contributed by atoms with Gasteiger partial charge in [0.05, 0.1) is 0 Å². The van der Waals surface area contributed by atoms with Crippen LogP contribution in [0.3, 0.4) is 0 Å². The number of rotatable bonds is 2. The molecule has 0 amide bonds. The number of hydrogen-bond donors (Lipinski definition) is 1. The number of nitrogens with one attached hydrogen (secondary N) is 1. The zero-order chi connectivity index (χ0) is 14.9. The first-order valence-electron chi connectivity index (χ1n) is 6.20. The highest BCUT2D eigenvalue weighted by atomic mass is 19.4. The predicted octanol–water partition coefficient (Wildman–Crippen LogP) is -0.119. The fourth-order valence-corrected chi connectivity index (χ4v) is 1.99. The first-order valence-corrected chi connectivity index (χ1v) is 6.20. The molecule has 0 bridgehead atoms. The van der Waals surface area contributed by atoms with Crippen LogP contribution in [0, 0.1) is 0 Å². The van der Waals surface area contributed by atoms with E-state index in [-0.39, 0.29) is 5.82 Å². The highest BCUT2D eigenvalue weighted by Gasteiger charge is 2.38. The molecule has 112 valence electrons. The molecule has 1 aliphatic heterocycles. The van der Waals surface area contributed by atoms with Crippen molar-refractivity contribution < 1.29 is 13.2 Å². The van der Waals surface area contributed by atoms with Crippen LogP contribution < -0.4 is 10.2 Å². The summed E-state index contributed by atoms with van der Waals surface area (Å²) in [7, 11) is 0. The van der Waals surface area contributed by atoms with Crippen molar-refractivity contribution in [3.8, 4) is 5.82 Å². The summed E-state index contributed by atoms with van der Waals surface area (Å²) in [4.78, 5) is 10.1. The van der Waals surface area contributed by atoms with Gasteiger partial charge in [-0.2, -0.15) is 22.8 Å². The highest BCUT2D eigenvalue weighted by molar-refractivity contribution is 5.35. The molecule has 0 saturated carbocycles. The van der Waals surface area contributed by atoms with Crippen molar-refractivity contribution in [2.24, 2.45) is 0 Å². The van der Waals surface area contributed by atoms with Crippen LogP contribution >= 0.6 is 0 Å². The zero-order valence-electron chi connectivity index (χ0n) is 10.7. The quantitative estimate of drug-likeness (QED) is 0.827. The fourth-order valence-electron chi connectivity index (χ4n) is 1.99. The minimum Gasteiger partial charge on any atom is -0.338 e. The topological polar surface area (TPSA) is 84.7 Å². The summed E-state index contributed by atoms with van der Waals surface area (Å²) in [5, 5.41) is 12.6. The third-order valence-electron chi connectivity index (χ3n) is 2.97. The number of anilines is 1. The van der Waals surface area contributed by atoms with Gasteiger partial charge < -0.3 is 10.2 Å². The Kier molecular flexibility index (Phi) is 3.41. The van der Waals surface area contributed by atoms with Gasteiger partial charge in [0.25, 0.3) is 5.82 Å². The van der Waals surface area contributed by atoms with E-state index in [9.17, 15) is 13.2 Å². The maximum absolute atomic E-state index is 12.8. The Morgan fingerprint density at radius 1 is 1.19 bits per heavy atom. The van der Waals surface area contributed by atoms with E-state index in [1.807, 2.05) is 4.90 Å². The Morgan fingerprint density at radius 2 is 1.95 bits per heavy atom. The largest absolute Gasteiger partial charge is 0.453 e. The summed E-state index contributed by atoms with van der Waals surface area (Å²) in [5.41, 5.74) is 0. The lowest BCUT2D eigenvalue weighted by Gasteiger charge is -2.27. The second kappa shape index (κ2) is 5.24. The van der Waals surface area contributed by atoms with Crippen LogP contribution in [0.5, 0.6) is 0 Å². The number of tetrazole rings is 1. The molecule has 0 aliphatic carbocycles. The SMILES string of the molecule is FC(F)(F)c1nnnn1-c1ccnc(N2CCNCC2)n1. The van der Waals surface area contributed by atoms with E-state index in [1.165, 1.54) is 12.3 Å². The summed E-state index contributed by atoms with van der Waals surface area (Å²) in [6.45, 7) is 2.91. The van der Waals surface area contributed by atoms with E-state index in [1.54, 1.807) is 0 Å². The van der Waals surface area contributed by atoms with Crippen LogP contribution in [0.4, 0.5) is 19.1 Å². The number of hydrogen-bond acceptors (Lipinski definition) is 7. The molecular weight excluding hydrogens is 289 g/mol. The van der Waals surface area contributed by atoms with Crippen LogP contribution in [-0.4, -0.2) is 56.4 Å². The van der Waals surface area contributed by atoms with Gasteiger partial charge in [0, 0.05) is 38.4 Å². The Bertz CT molecular complexity index is 619. The van der Waals surface area contributed by atoms with Crippen LogP contribution in [0.25, 0.3) is 5.82 Å². The molecular formula is C10H11F3N8. The monoisotopic (exact) mass is 300 g/mol. The third kappa shape index (κ3) is 2.77. The zero-order valence-corrected chi connectivity index (χ0v) is 10.7. The number of aromatic nitrogens is 6. The van der Waals surface area contributed by atoms with Crippen LogP contribution in [-0.2, 0) is 6.18 Å². The maximum Gasteiger partial charge on any atom is 0.453 e. The molecule has 0 radical (unpaired) electrons. The van der Waals surface area contributed by atoms with Crippen molar-refractivity contribution in [3.63, 3.8) is 0 Å². The van der Waals surface area contributed by atoms with E-state index < -0.39 is 12.0 Å². The van der Waals surface area contributed by atoms with Crippen molar-refractivity contribution in [2.45, 2.75) is 6.18 Å². The lowest BCUT2D eigenvalue weighted by Crippen LogP contribution is -2.44. The van der Waals surface area contributed by atoms with Gasteiger partial charge in [-0.25, -0.2) is 4.98 Å². The second-order valence-corrected chi connectivity index (χ2v) is 4.36. The summed E-state index contributed by atoms with van der Waals surface area (Å²) in [5.74, 6) is -0.874. The molecule has 2 aromatic rings. The third-order valence-corrected chi connectivity index (χ3v) is 2.97. The number of nitrogens with zero attached hydrogens (tertiary/aromatic N) is 7. The smallest absolute Gasteiger partial charge is 0.338 e. The summed E-state index contributed by atoms with van der Waals surface area (Å²) < 4.78 is 39.0. The van der Waals surface area contributed by atoms with Crippen molar-refractivity contribution in [2.75, 3.05) is 31.1 Å². The van der Waals surface area contributed by atoms with Crippen LogP contribution in [0.15, 0.2) is 12.3 Å². The van der Waals surface area contributed by atoms with Crippen molar-refractivity contribution in [1.82, 2.24) is 35.5 Å². The van der Waals surface area contributed by atoms with Gasteiger partial charge in [-0.1, -0.05) is 0 Å². The van der Waals surface area contributed by atoms with Gasteiger partial charge in [-0.15, -0.1) is 5.10 Å². The van der Waals surface area contributed by atoms with E-state index in [2.05, 4.69) is 30.8 Å². The number of piperazine rings is 1. The molecule has 0 unspecified atom stereocenters. The van der Waals surface area contributed by atoms with Gasteiger partial charge >= 0.3 is 6.18 Å². The highest BCUT2D eigenvalue weighted by Crippen LogP contribution is 2.27. The Hall–Kier alpha value is -2.30. The molecule has 21 heavy (non-hydrogen) atoms. The molecule has 0 atom stereocenters. The van der Waals surface area contributed by atoms with Gasteiger partial charge in [0.15, 0.2) is 5.82 Å². The summed E-state index contributed by atoms with van der Waals surface area (Å²) >= 11 is 0. The fraction of sp³-hybridized carbons (Fsp3) is 0.500. The molecule has 3 heterocycles. The summed E-state index contributed by atoms with van der Waals surface area (Å²) in [6, 6.07) is 1.33. The standard InChI is InChI=1S/C10H11F3N8/c11-10(12,13)8-17-18-19-21(8)7-1-2-15-9(16-7)20-5-3-14-4-6-20/h1-2,14H,3-6H2. The normalized spacial score (nSPS) is 16.2. The maximum atomic E-state index is 12.8. The summed E-state index contributed by atoms with van der Waals surface area (Å²) in [6.07, 6.45) is -3.26. The molecule has 0 aromatic carbocycles. The van der Waals surface area contributed by atoms with Gasteiger partial charge in [-0.05, 0) is 10.4 Å². The van der Waals surface area contributed by atoms with E-state index >= 15 is 0 Å². The van der Waals surface area contributed by atoms with Crippen LogP contribution in [0.1, 0.15) is 5.82 Å². The van der Waals surface area contributed by atoms with Gasteiger partial charge in [0.2, 0.25) is 5.95 Å². The van der Waals surface area contributed by atoms with Gasteiger partial charge in [-0.3, -0.25) is 0 Å². The molecule has 1 fully saturated rings. The van der Waals surface area contributed by atoms with Crippen molar-refractivity contribution in [1.29, 1.82) is 0 Å². The van der Waals surface area contributed by atoms with E-state index in [0.29, 0.717) is 23.7 Å². The van der Waals surface area contributed by atoms with Crippen molar-refractivity contribution in [3.05, 3.63) is 18.1 Å². The molecule has 11 heteroatoms. The Balaban J connectivity index is 1.95. The molecule has 1 saturated heterocycles. The minimum atomic E-state index is -4.65. The Labute approximate surface area is 117 Å². The molecule has 1 N–H and O–H groups in total. The number of alkyl halides is 3. The molecule has 1 aliphatic rings. The Morgan fingerprint density at radius 3 is 2.67 bits per heavy atom.